The number of ether oxygens (including phenoxy) is 1. The number of benzene rings is 2. The van der Waals surface area contributed by atoms with Crippen LogP contribution in [0.3, 0.4) is 0 Å². The van der Waals surface area contributed by atoms with Crippen LogP contribution < -0.4 is 20.7 Å². The molecule has 0 unspecified atom stereocenters. The second kappa shape index (κ2) is 7.31. The Morgan fingerprint density at radius 1 is 1.08 bits per heavy atom. The molecule has 1 aliphatic rings. The fourth-order valence-corrected chi connectivity index (χ4v) is 2.94. The number of anilines is 1. The minimum Gasteiger partial charge on any atom is -0.497 e. The van der Waals surface area contributed by atoms with E-state index in [0.717, 1.165) is 16.8 Å². The van der Waals surface area contributed by atoms with Gasteiger partial charge in [0, 0.05) is 11.4 Å². The number of hydrogen-bond acceptors (Lipinski definition) is 3. The van der Waals surface area contributed by atoms with Gasteiger partial charge in [-0.25, -0.2) is 4.79 Å². The van der Waals surface area contributed by atoms with Crippen molar-refractivity contribution < 1.29 is 14.3 Å². The molecular formula is C20H21N3O3. The van der Waals surface area contributed by atoms with Gasteiger partial charge in [-0.15, -0.1) is 0 Å². The topological polar surface area (TPSA) is 79.5 Å². The molecule has 6 heteroatoms. The molecular weight excluding hydrogens is 330 g/mol. The number of hydrogen-bond donors (Lipinski definition) is 3. The molecule has 26 heavy (non-hydrogen) atoms. The van der Waals surface area contributed by atoms with E-state index in [9.17, 15) is 9.59 Å². The Morgan fingerprint density at radius 3 is 2.42 bits per heavy atom. The van der Waals surface area contributed by atoms with Crippen LogP contribution in [0, 0.1) is 6.92 Å². The molecule has 2 aromatic rings. The van der Waals surface area contributed by atoms with E-state index in [1.165, 1.54) is 0 Å². The van der Waals surface area contributed by atoms with E-state index >= 15 is 0 Å². The molecule has 0 saturated carbocycles. The molecule has 0 radical (unpaired) electrons. The highest BCUT2D eigenvalue weighted by atomic mass is 16.5. The Bertz CT molecular complexity index is 872. The third-order valence-corrected chi connectivity index (χ3v) is 4.36. The molecule has 1 aliphatic heterocycles. The second-order valence-electron chi connectivity index (χ2n) is 6.11. The number of allylic oxidation sites excluding steroid dienone is 1. The zero-order chi connectivity index (χ0) is 18.7. The number of para-hydroxylation sites is 1. The van der Waals surface area contributed by atoms with E-state index in [1.807, 2.05) is 43.3 Å². The Labute approximate surface area is 152 Å². The monoisotopic (exact) mass is 351 g/mol. The largest absolute Gasteiger partial charge is 0.497 e. The predicted molar refractivity (Wildman–Crippen MR) is 99.9 cm³/mol. The quantitative estimate of drug-likeness (QED) is 0.791. The molecule has 0 spiro atoms. The molecule has 0 saturated heterocycles. The van der Waals surface area contributed by atoms with Crippen LogP contribution in [0.25, 0.3) is 0 Å². The van der Waals surface area contributed by atoms with Crippen LogP contribution in [-0.2, 0) is 4.79 Å². The summed E-state index contributed by atoms with van der Waals surface area (Å²) in [5.74, 6) is 0.450. The Morgan fingerprint density at radius 2 is 1.77 bits per heavy atom. The zero-order valence-corrected chi connectivity index (χ0v) is 14.9. The molecule has 1 atom stereocenters. The van der Waals surface area contributed by atoms with Crippen molar-refractivity contribution in [2.45, 2.75) is 19.9 Å². The smallest absolute Gasteiger partial charge is 0.319 e. The summed E-state index contributed by atoms with van der Waals surface area (Å²) < 4.78 is 5.17. The Kier molecular flexibility index (Phi) is 4.93. The minimum atomic E-state index is -0.543. The molecule has 0 bridgehead atoms. The third kappa shape index (κ3) is 3.54. The van der Waals surface area contributed by atoms with Crippen LogP contribution in [0.15, 0.2) is 59.8 Å². The SMILES string of the molecule is COc1ccc([C@@H]2NC(=O)NC(C)=C2C(=O)Nc2ccccc2C)cc1. The van der Waals surface area contributed by atoms with E-state index in [0.29, 0.717) is 17.0 Å². The molecule has 3 rings (SSSR count). The fourth-order valence-electron chi connectivity index (χ4n) is 2.94. The number of methoxy groups -OCH3 is 1. The molecule has 134 valence electrons. The summed E-state index contributed by atoms with van der Waals surface area (Å²) in [5, 5.41) is 8.43. The van der Waals surface area contributed by atoms with E-state index in [-0.39, 0.29) is 11.9 Å². The van der Waals surface area contributed by atoms with Gasteiger partial charge in [-0.3, -0.25) is 4.79 Å². The first-order valence-corrected chi connectivity index (χ1v) is 8.29. The summed E-state index contributed by atoms with van der Waals surface area (Å²) in [7, 11) is 1.59. The van der Waals surface area contributed by atoms with Crippen molar-refractivity contribution in [3.63, 3.8) is 0 Å². The average Bonchev–Trinajstić information content (AvgIpc) is 2.63. The number of nitrogens with one attached hydrogen (secondary N) is 3. The maximum absolute atomic E-state index is 13.0. The highest BCUT2D eigenvalue weighted by molar-refractivity contribution is 6.07. The van der Waals surface area contributed by atoms with Crippen molar-refractivity contribution in [3.05, 3.63) is 70.9 Å². The van der Waals surface area contributed by atoms with Crippen molar-refractivity contribution in [2.24, 2.45) is 0 Å². The van der Waals surface area contributed by atoms with Crippen LogP contribution in [-0.4, -0.2) is 19.0 Å². The summed E-state index contributed by atoms with van der Waals surface area (Å²) >= 11 is 0. The van der Waals surface area contributed by atoms with Gasteiger partial charge in [0.1, 0.15) is 5.75 Å². The summed E-state index contributed by atoms with van der Waals surface area (Å²) in [4.78, 5) is 24.9. The number of carbonyl (C=O) groups is 2. The van der Waals surface area contributed by atoms with Gasteiger partial charge in [0.2, 0.25) is 0 Å². The minimum absolute atomic E-state index is 0.259. The molecule has 2 aromatic carbocycles. The van der Waals surface area contributed by atoms with Crippen molar-refractivity contribution in [3.8, 4) is 5.75 Å². The molecule has 0 fully saturated rings. The van der Waals surface area contributed by atoms with Crippen LogP contribution in [0.1, 0.15) is 24.1 Å². The maximum atomic E-state index is 13.0. The van der Waals surface area contributed by atoms with E-state index in [1.54, 1.807) is 26.2 Å². The van der Waals surface area contributed by atoms with Crippen molar-refractivity contribution in [2.75, 3.05) is 12.4 Å². The second-order valence-corrected chi connectivity index (χ2v) is 6.11. The third-order valence-electron chi connectivity index (χ3n) is 4.36. The molecule has 3 N–H and O–H groups in total. The summed E-state index contributed by atoms with van der Waals surface area (Å²) in [6.07, 6.45) is 0. The van der Waals surface area contributed by atoms with Crippen molar-refractivity contribution >= 4 is 17.6 Å². The molecule has 6 nitrogen and oxygen atoms in total. The highest BCUT2D eigenvalue weighted by Gasteiger charge is 2.31. The lowest BCUT2D eigenvalue weighted by atomic mass is 9.94. The number of aryl methyl sites for hydroxylation is 1. The first-order chi connectivity index (χ1) is 12.5. The van der Waals surface area contributed by atoms with Crippen molar-refractivity contribution in [1.82, 2.24) is 10.6 Å². The summed E-state index contributed by atoms with van der Waals surface area (Å²) in [6, 6.07) is 14.0. The molecule has 1 heterocycles. The number of urea groups is 1. The zero-order valence-electron chi connectivity index (χ0n) is 14.9. The first kappa shape index (κ1) is 17.5. The van der Waals surface area contributed by atoms with Gasteiger partial charge in [0.25, 0.3) is 5.91 Å². The standard InChI is InChI=1S/C20H21N3O3/c1-12-6-4-5-7-16(12)22-19(24)17-13(2)21-20(25)23-18(17)14-8-10-15(26-3)11-9-14/h4-11,18H,1-3H3,(H,22,24)(H2,21,23,25)/t18-/m0/s1. The van der Waals surface area contributed by atoms with Crippen molar-refractivity contribution in [1.29, 1.82) is 0 Å². The highest BCUT2D eigenvalue weighted by Crippen LogP contribution is 2.29. The van der Waals surface area contributed by atoms with Gasteiger partial charge in [-0.2, -0.15) is 0 Å². The van der Waals surface area contributed by atoms with Crippen LogP contribution in [0.4, 0.5) is 10.5 Å². The van der Waals surface area contributed by atoms with Gasteiger partial charge in [0.15, 0.2) is 0 Å². The normalized spacial score (nSPS) is 16.6. The van der Waals surface area contributed by atoms with Gasteiger partial charge < -0.3 is 20.7 Å². The summed E-state index contributed by atoms with van der Waals surface area (Å²) in [5.41, 5.74) is 3.50. The van der Waals surface area contributed by atoms with E-state index in [4.69, 9.17) is 4.74 Å². The first-order valence-electron chi connectivity index (χ1n) is 8.29. The number of amides is 3. The maximum Gasteiger partial charge on any atom is 0.319 e. The average molecular weight is 351 g/mol. The molecule has 0 aliphatic carbocycles. The van der Waals surface area contributed by atoms with Crippen LogP contribution in [0.5, 0.6) is 5.75 Å². The Balaban J connectivity index is 1.94. The lowest BCUT2D eigenvalue weighted by molar-refractivity contribution is -0.113. The van der Waals surface area contributed by atoms with Gasteiger partial charge in [-0.1, -0.05) is 30.3 Å². The molecule has 3 amide bonds. The van der Waals surface area contributed by atoms with Gasteiger partial charge in [-0.05, 0) is 43.2 Å². The van der Waals surface area contributed by atoms with Gasteiger partial charge in [0.05, 0.1) is 18.7 Å². The van der Waals surface area contributed by atoms with Gasteiger partial charge >= 0.3 is 6.03 Å². The number of rotatable bonds is 4. The lowest BCUT2D eigenvalue weighted by Crippen LogP contribution is -2.46. The van der Waals surface area contributed by atoms with E-state index < -0.39 is 6.04 Å². The lowest BCUT2D eigenvalue weighted by Gasteiger charge is -2.29. The van der Waals surface area contributed by atoms with E-state index in [2.05, 4.69) is 16.0 Å². The molecule has 0 aromatic heterocycles. The fraction of sp³-hybridized carbons (Fsp3) is 0.200. The van der Waals surface area contributed by atoms with Crippen LogP contribution in [0.2, 0.25) is 0 Å². The van der Waals surface area contributed by atoms with Crippen LogP contribution >= 0.6 is 0 Å². The predicted octanol–water partition coefficient (Wildman–Crippen LogP) is 3.27. The summed E-state index contributed by atoms with van der Waals surface area (Å²) in [6.45, 7) is 3.65. The number of carbonyl (C=O) groups excluding carboxylic acids is 2. The Hall–Kier alpha value is -3.28.